The van der Waals surface area contributed by atoms with Gasteiger partial charge in [-0.15, -0.1) is 0 Å². The first-order chi connectivity index (χ1) is 20.8. The normalized spacial score (nSPS) is 14.5. The Kier molecular flexibility index (Phi) is 9.51. The van der Waals surface area contributed by atoms with Gasteiger partial charge in [-0.2, -0.15) is 22.7 Å². The number of hydrogen-bond donors (Lipinski definition) is 2. The summed E-state index contributed by atoms with van der Waals surface area (Å²) < 4.78 is 61.8. The number of fused-ring (bicyclic) bond motifs is 1. The van der Waals surface area contributed by atoms with Crippen LogP contribution in [0, 0.1) is 5.95 Å². The number of alkyl halides is 3. The van der Waals surface area contributed by atoms with Crippen LogP contribution < -0.4 is 10.1 Å². The Labute approximate surface area is 246 Å². The van der Waals surface area contributed by atoms with E-state index in [9.17, 15) is 22.4 Å². The van der Waals surface area contributed by atoms with Crippen molar-refractivity contribution in [3.05, 3.63) is 102 Å². The predicted molar refractivity (Wildman–Crippen MR) is 157 cm³/mol. The lowest BCUT2D eigenvalue weighted by atomic mass is 9.88. The molecule has 1 fully saturated rings. The summed E-state index contributed by atoms with van der Waals surface area (Å²) in [5.74, 6) is -0.343. The second kappa shape index (κ2) is 13.6. The molecular formula is C32H31F4N5O2. The zero-order valence-electron chi connectivity index (χ0n) is 23.3. The van der Waals surface area contributed by atoms with Crippen molar-refractivity contribution in [2.45, 2.75) is 25.4 Å². The molecule has 0 aliphatic carbocycles. The first kappa shape index (κ1) is 30.0. The summed E-state index contributed by atoms with van der Waals surface area (Å²) in [5.41, 5.74) is 1.89. The molecule has 2 aromatic carbocycles. The average molecular weight is 594 g/mol. The number of carbonyl (C=O) groups excluding carboxylic acids is 1. The zero-order valence-corrected chi connectivity index (χ0v) is 23.3. The Morgan fingerprint density at radius 1 is 1.02 bits per heavy atom. The second-order valence-corrected chi connectivity index (χ2v) is 10.2. The van der Waals surface area contributed by atoms with E-state index in [0.29, 0.717) is 47.8 Å². The average Bonchev–Trinajstić information content (AvgIpc) is 3.67. The Morgan fingerprint density at radius 3 is 2.51 bits per heavy atom. The highest BCUT2D eigenvalue weighted by atomic mass is 19.4. The van der Waals surface area contributed by atoms with E-state index in [0.717, 1.165) is 25.9 Å². The summed E-state index contributed by atoms with van der Waals surface area (Å²) in [6.45, 7) is 2.91. The van der Waals surface area contributed by atoms with E-state index >= 15 is 0 Å². The van der Waals surface area contributed by atoms with Crippen molar-refractivity contribution in [2.75, 3.05) is 32.8 Å². The number of pyridine rings is 1. The summed E-state index contributed by atoms with van der Waals surface area (Å²) in [4.78, 5) is 18.2. The lowest BCUT2D eigenvalue weighted by molar-refractivity contribution is -0.125. The smallest absolute Gasteiger partial charge is 0.393 e. The van der Waals surface area contributed by atoms with Gasteiger partial charge in [-0.25, -0.2) is 4.98 Å². The molecule has 224 valence electrons. The number of likely N-dealkylation sites (tertiary alicyclic amines) is 1. The predicted octanol–water partition coefficient (Wildman–Crippen LogP) is 6.16. The third-order valence-corrected chi connectivity index (χ3v) is 7.09. The number of amides is 1. The van der Waals surface area contributed by atoms with Crippen LogP contribution in [0.2, 0.25) is 0 Å². The monoisotopic (exact) mass is 593 g/mol. The van der Waals surface area contributed by atoms with Crippen molar-refractivity contribution in [1.29, 1.82) is 0 Å². The Hall–Kier alpha value is -4.51. The second-order valence-electron chi connectivity index (χ2n) is 10.2. The number of benzene rings is 2. The van der Waals surface area contributed by atoms with Crippen molar-refractivity contribution >= 4 is 28.0 Å². The van der Waals surface area contributed by atoms with Crippen LogP contribution in [0.3, 0.4) is 0 Å². The van der Waals surface area contributed by atoms with Crippen molar-refractivity contribution in [3.63, 3.8) is 0 Å². The number of nitrogens with zero attached hydrogens (tertiary/aromatic N) is 3. The number of aromatic nitrogens is 3. The number of halogens is 4. The van der Waals surface area contributed by atoms with Crippen molar-refractivity contribution in [3.8, 4) is 5.88 Å². The van der Waals surface area contributed by atoms with Gasteiger partial charge in [0.2, 0.25) is 17.7 Å². The molecule has 0 spiro atoms. The maximum atomic E-state index is 14.4. The molecule has 2 N–H and O–H groups in total. The van der Waals surface area contributed by atoms with Gasteiger partial charge >= 0.3 is 6.18 Å². The van der Waals surface area contributed by atoms with Crippen LogP contribution in [0.4, 0.5) is 17.6 Å². The SMILES string of the molecule is O=C(/C=C/CNCCOc1ccc(/C(=C(\CC(F)(F)F)c2ccccc2)c2ccc3n[nH]c(F)c3c2)cn1)N1CCCC1. The van der Waals surface area contributed by atoms with Crippen molar-refractivity contribution in [2.24, 2.45) is 0 Å². The summed E-state index contributed by atoms with van der Waals surface area (Å²) in [6.07, 6.45) is 1.21. The van der Waals surface area contributed by atoms with Crippen LogP contribution in [-0.2, 0) is 4.79 Å². The maximum absolute atomic E-state index is 14.4. The van der Waals surface area contributed by atoms with E-state index in [4.69, 9.17) is 4.74 Å². The largest absolute Gasteiger partial charge is 0.476 e. The third-order valence-electron chi connectivity index (χ3n) is 7.09. The molecule has 1 amide bonds. The fourth-order valence-electron chi connectivity index (χ4n) is 5.05. The third kappa shape index (κ3) is 7.86. The molecule has 1 aliphatic rings. The molecule has 2 aromatic heterocycles. The number of hydrogen-bond acceptors (Lipinski definition) is 5. The Balaban J connectivity index is 1.34. The standard InChI is InChI=1S/C32H31F4N5O2/c33-31-25-19-23(10-12-27(25)39-40-31)30(26(20-32(34,35)36)22-7-2-1-3-8-22)24-11-13-28(38-21-24)43-18-15-37-14-6-9-29(42)41-16-4-5-17-41/h1-3,6-13,19,21,37H,4-5,14-18,20H2,(H,39,40)/b9-6+,30-26+. The summed E-state index contributed by atoms with van der Waals surface area (Å²) in [7, 11) is 0. The van der Waals surface area contributed by atoms with Gasteiger partial charge in [0.15, 0.2) is 0 Å². The number of aromatic amines is 1. The molecule has 4 aromatic rings. The summed E-state index contributed by atoms with van der Waals surface area (Å²) in [6, 6.07) is 16.2. The van der Waals surface area contributed by atoms with Crippen LogP contribution in [0.15, 0.2) is 79.0 Å². The minimum Gasteiger partial charge on any atom is -0.476 e. The highest BCUT2D eigenvalue weighted by Gasteiger charge is 2.32. The molecule has 0 radical (unpaired) electrons. The fraction of sp³-hybridized carbons (Fsp3) is 0.281. The van der Waals surface area contributed by atoms with Gasteiger partial charge in [0.1, 0.15) is 6.61 Å². The molecule has 0 bridgehead atoms. The molecule has 0 saturated carbocycles. The van der Waals surface area contributed by atoms with Crippen LogP contribution >= 0.6 is 0 Å². The van der Waals surface area contributed by atoms with Crippen LogP contribution in [-0.4, -0.2) is 65.0 Å². The zero-order chi connectivity index (χ0) is 30.2. The quantitative estimate of drug-likeness (QED) is 0.0943. The van der Waals surface area contributed by atoms with E-state index in [1.807, 2.05) is 4.90 Å². The van der Waals surface area contributed by atoms with Gasteiger partial charge in [0.25, 0.3) is 0 Å². The highest BCUT2D eigenvalue weighted by Crippen LogP contribution is 2.40. The van der Waals surface area contributed by atoms with E-state index < -0.39 is 18.5 Å². The highest BCUT2D eigenvalue weighted by molar-refractivity contribution is 6.00. The number of allylic oxidation sites excluding steroid dienone is 1. The molecule has 11 heteroatoms. The topological polar surface area (TPSA) is 83.1 Å². The van der Waals surface area contributed by atoms with Crippen LogP contribution in [0.5, 0.6) is 5.88 Å². The van der Waals surface area contributed by atoms with Gasteiger partial charge in [0.05, 0.1) is 17.3 Å². The van der Waals surface area contributed by atoms with Gasteiger partial charge < -0.3 is 15.0 Å². The molecule has 0 unspecified atom stereocenters. The number of H-pyrrole nitrogens is 1. The molecule has 7 nitrogen and oxygen atoms in total. The van der Waals surface area contributed by atoms with Crippen LogP contribution in [0.25, 0.3) is 22.0 Å². The minimum absolute atomic E-state index is 0.0220. The van der Waals surface area contributed by atoms with Gasteiger partial charge in [0, 0.05) is 50.1 Å². The first-order valence-corrected chi connectivity index (χ1v) is 14.0. The Bertz CT molecular complexity index is 1590. The molecule has 43 heavy (non-hydrogen) atoms. The number of ether oxygens (including phenoxy) is 1. The maximum Gasteiger partial charge on any atom is 0.393 e. The molecule has 1 aliphatic heterocycles. The molecule has 5 rings (SSSR count). The number of rotatable bonds is 11. The van der Waals surface area contributed by atoms with E-state index in [1.165, 1.54) is 12.3 Å². The summed E-state index contributed by atoms with van der Waals surface area (Å²) in [5, 5.41) is 9.50. The van der Waals surface area contributed by atoms with Crippen LogP contribution in [0.1, 0.15) is 36.0 Å². The lowest BCUT2D eigenvalue weighted by Gasteiger charge is -2.19. The van der Waals surface area contributed by atoms with E-state index in [2.05, 4.69) is 20.5 Å². The first-order valence-electron chi connectivity index (χ1n) is 14.0. The van der Waals surface area contributed by atoms with E-state index in [1.54, 1.807) is 66.7 Å². The molecule has 0 atom stereocenters. The molecule has 1 saturated heterocycles. The fourth-order valence-corrected chi connectivity index (χ4v) is 5.05. The number of nitrogens with one attached hydrogen (secondary N) is 2. The summed E-state index contributed by atoms with van der Waals surface area (Å²) >= 11 is 0. The molecular weight excluding hydrogens is 562 g/mol. The van der Waals surface area contributed by atoms with Gasteiger partial charge in [-0.1, -0.05) is 42.5 Å². The van der Waals surface area contributed by atoms with Crippen molar-refractivity contribution < 1.29 is 27.1 Å². The van der Waals surface area contributed by atoms with E-state index in [-0.39, 0.29) is 22.4 Å². The Morgan fingerprint density at radius 2 is 1.79 bits per heavy atom. The minimum atomic E-state index is -4.50. The number of carbonyl (C=O) groups is 1. The van der Waals surface area contributed by atoms with Gasteiger partial charge in [-0.05, 0) is 53.3 Å². The molecule has 3 heterocycles. The van der Waals surface area contributed by atoms with Gasteiger partial charge in [-0.3, -0.25) is 9.89 Å². The van der Waals surface area contributed by atoms with Crippen molar-refractivity contribution in [1.82, 2.24) is 25.4 Å². The lowest BCUT2D eigenvalue weighted by Crippen LogP contribution is -2.26.